The largest absolute Gasteiger partial charge is 0.478 e. The van der Waals surface area contributed by atoms with Crippen LogP contribution in [0.5, 0.6) is 0 Å². The van der Waals surface area contributed by atoms with E-state index in [9.17, 15) is 9.90 Å². The number of carboxylic acid groups (broad SMARTS) is 1. The highest BCUT2D eigenvalue weighted by atomic mass is 16.4. The monoisotopic (exact) mass is 401 g/mol. The van der Waals surface area contributed by atoms with Crippen molar-refractivity contribution in [1.29, 1.82) is 0 Å². The lowest BCUT2D eigenvalue weighted by Gasteiger charge is -2.51. The van der Waals surface area contributed by atoms with E-state index in [1.165, 1.54) is 71.7 Å². The van der Waals surface area contributed by atoms with Crippen LogP contribution < -0.4 is 0 Å². The number of benzene rings is 2. The zero-order chi connectivity index (χ0) is 20.9. The number of aromatic nitrogens is 1. The van der Waals surface area contributed by atoms with Crippen LogP contribution in [0, 0.1) is 25.2 Å². The maximum atomic E-state index is 11.3. The zero-order valence-electron chi connectivity index (χ0n) is 18.0. The fourth-order valence-corrected chi connectivity index (χ4v) is 6.24. The molecule has 2 N–H and O–H groups in total. The molecule has 2 aliphatic rings. The second-order valence-electron chi connectivity index (χ2n) is 9.85. The van der Waals surface area contributed by atoms with Crippen LogP contribution >= 0.6 is 0 Å². The number of aromatic carboxylic acids is 1. The minimum atomic E-state index is -0.845. The van der Waals surface area contributed by atoms with Crippen LogP contribution in [0.3, 0.4) is 0 Å². The van der Waals surface area contributed by atoms with E-state index in [1.54, 1.807) is 12.1 Å². The second-order valence-corrected chi connectivity index (χ2v) is 9.85. The van der Waals surface area contributed by atoms with Crippen molar-refractivity contribution in [3.8, 4) is 0 Å². The Bertz CT molecular complexity index is 1090. The number of hydrogen-bond acceptors (Lipinski definition) is 1. The topological polar surface area (TPSA) is 53.1 Å². The van der Waals surface area contributed by atoms with Crippen molar-refractivity contribution in [1.82, 2.24) is 4.98 Å². The molecule has 2 fully saturated rings. The average Bonchev–Trinajstić information content (AvgIpc) is 3.20. The standard InChI is InChI=1S/C27H31NO2/c1-17-14-18(2)25-22(9-13-28-25)23(17)15-21-8-12-27(10-3-11-27)16-24(21)19-4-6-20(7-5-19)26(29)30/h4-7,9,13-14,21,24,28H,3,8,10-12,15-16H2,1-2H3,(H,29,30). The Kier molecular flexibility index (Phi) is 4.72. The van der Waals surface area contributed by atoms with Crippen LogP contribution in [0.25, 0.3) is 10.9 Å². The van der Waals surface area contributed by atoms with Gasteiger partial charge in [-0.05, 0) is 110 Å². The highest BCUT2D eigenvalue weighted by Gasteiger charge is 2.44. The highest BCUT2D eigenvalue weighted by molar-refractivity contribution is 5.88. The van der Waals surface area contributed by atoms with E-state index in [4.69, 9.17) is 0 Å². The summed E-state index contributed by atoms with van der Waals surface area (Å²) in [5, 5.41) is 10.7. The van der Waals surface area contributed by atoms with Crippen molar-refractivity contribution in [2.24, 2.45) is 11.3 Å². The first-order valence-electron chi connectivity index (χ1n) is 11.4. The van der Waals surface area contributed by atoms with E-state index in [-0.39, 0.29) is 0 Å². The van der Waals surface area contributed by atoms with Crippen LogP contribution in [-0.2, 0) is 6.42 Å². The van der Waals surface area contributed by atoms with Crippen LogP contribution in [0.15, 0.2) is 42.6 Å². The molecule has 1 heterocycles. The lowest BCUT2D eigenvalue weighted by atomic mass is 9.54. The van der Waals surface area contributed by atoms with Crippen LogP contribution in [0.4, 0.5) is 0 Å². The number of fused-ring (bicyclic) bond motifs is 1. The molecule has 0 saturated heterocycles. The summed E-state index contributed by atoms with van der Waals surface area (Å²) in [6.07, 6.45) is 11.1. The summed E-state index contributed by atoms with van der Waals surface area (Å²) in [6.45, 7) is 4.44. The third kappa shape index (κ3) is 3.25. The summed E-state index contributed by atoms with van der Waals surface area (Å²) in [5.74, 6) is 0.269. The van der Waals surface area contributed by atoms with E-state index in [1.807, 2.05) is 0 Å². The molecule has 3 aromatic rings. The SMILES string of the molecule is Cc1cc(C)c2[nH]ccc2c1CC1CCC2(CCC2)CC1c1ccc(C(=O)O)cc1. The number of carboxylic acids is 1. The maximum Gasteiger partial charge on any atom is 0.335 e. The summed E-state index contributed by atoms with van der Waals surface area (Å²) in [7, 11) is 0. The minimum Gasteiger partial charge on any atom is -0.478 e. The fourth-order valence-electron chi connectivity index (χ4n) is 6.24. The molecule has 1 aromatic heterocycles. The van der Waals surface area contributed by atoms with Gasteiger partial charge in [-0.25, -0.2) is 4.79 Å². The summed E-state index contributed by atoms with van der Waals surface area (Å²) in [6, 6.07) is 12.3. The molecule has 2 aromatic carbocycles. The second kappa shape index (κ2) is 7.30. The minimum absolute atomic E-state index is 0.382. The van der Waals surface area contributed by atoms with Gasteiger partial charge in [-0.2, -0.15) is 0 Å². The molecule has 3 heteroatoms. The van der Waals surface area contributed by atoms with Crippen molar-refractivity contribution < 1.29 is 9.90 Å². The molecule has 1 spiro atoms. The number of aromatic amines is 1. The van der Waals surface area contributed by atoms with Gasteiger partial charge in [-0.1, -0.05) is 24.6 Å². The van der Waals surface area contributed by atoms with Gasteiger partial charge in [-0.3, -0.25) is 0 Å². The average molecular weight is 402 g/mol. The van der Waals surface area contributed by atoms with E-state index in [0.29, 0.717) is 22.8 Å². The summed E-state index contributed by atoms with van der Waals surface area (Å²) < 4.78 is 0. The predicted octanol–water partition coefficient (Wildman–Crippen LogP) is 6.78. The first-order valence-corrected chi connectivity index (χ1v) is 11.4. The Balaban J connectivity index is 1.50. The molecule has 3 nitrogen and oxygen atoms in total. The third-order valence-electron chi connectivity index (χ3n) is 8.11. The van der Waals surface area contributed by atoms with E-state index in [0.717, 1.165) is 6.42 Å². The van der Waals surface area contributed by atoms with Gasteiger partial charge >= 0.3 is 5.97 Å². The molecule has 0 bridgehead atoms. The van der Waals surface area contributed by atoms with E-state index < -0.39 is 5.97 Å². The number of carbonyl (C=O) groups is 1. The number of hydrogen-bond donors (Lipinski definition) is 2. The van der Waals surface area contributed by atoms with E-state index in [2.05, 4.69) is 49.3 Å². The Morgan fingerprint density at radius 1 is 1.10 bits per heavy atom. The fraction of sp³-hybridized carbons (Fsp3) is 0.444. The number of aryl methyl sites for hydroxylation is 2. The Morgan fingerprint density at radius 3 is 2.53 bits per heavy atom. The lowest BCUT2D eigenvalue weighted by Crippen LogP contribution is -2.38. The van der Waals surface area contributed by atoms with Crippen LogP contribution in [0.1, 0.15) is 77.1 Å². The molecule has 2 saturated carbocycles. The van der Waals surface area contributed by atoms with Gasteiger partial charge in [0.15, 0.2) is 0 Å². The number of H-pyrrole nitrogens is 1. The third-order valence-corrected chi connectivity index (χ3v) is 8.11. The molecule has 0 amide bonds. The zero-order valence-corrected chi connectivity index (χ0v) is 18.0. The van der Waals surface area contributed by atoms with Gasteiger partial charge in [0.1, 0.15) is 0 Å². The first kappa shape index (κ1) is 19.4. The van der Waals surface area contributed by atoms with Crippen LogP contribution in [-0.4, -0.2) is 16.1 Å². The molecule has 30 heavy (non-hydrogen) atoms. The van der Waals surface area contributed by atoms with Crippen molar-refractivity contribution >= 4 is 16.9 Å². The predicted molar refractivity (Wildman–Crippen MR) is 121 cm³/mol. The van der Waals surface area contributed by atoms with Crippen LogP contribution in [0.2, 0.25) is 0 Å². The van der Waals surface area contributed by atoms with Crippen molar-refractivity contribution in [3.63, 3.8) is 0 Å². The molecule has 156 valence electrons. The number of nitrogens with one attached hydrogen (secondary N) is 1. The van der Waals surface area contributed by atoms with Gasteiger partial charge in [0.05, 0.1) is 5.56 Å². The van der Waals surface area contributed by atoms with E-state index >= 15 is 0 Å². The summed E-state index contributed by atoms with van der Waals surface area (Å²) >= 11 is 0. The number of rotatable bonds is 4. The van der Waals surface area contributed by atoms with Crippen molar-refractivity contribution in [2.75, 3.05) is 0 Å². The van der Waals surface area contributed by atoms with Gasteiger partial charge < -0.3 is 10.1 Å². The maximum absolute atomic E-state index is 11.3. The molecule has 5 rings (SSSR count). The molecular formula is C27H31NO2. The smallest absolute Gasteiger partial charge is 0.335 e. The normalized spacial score (nSPS) is 22.9. The highest BCUT2D eigenvalue weighted by Crippen LogP contribution is 2.57. The molecule has 0 aliphatic heterocycles. The van der Waals surface area contributed by atoms with Gasteiger partial charge in [0.2, 0.25) is 0 Å². The van der Waals surface area contributed by atoms with Gasteiger partial charge in [0.25, 0.3) is 0 Å². The Hall–Kier alpha value is -2.55. The quantitative estimate of drug-likeness (QED) is 0.506. The lowest BCUT2D eigenvalue weighted by molar-refractivity contribution is 0.0404. The molecule has 0 radical (unpaired) electrons. The molecule has 2 aliphatic carbocycles. The molecule has 2 atom stereocenters. The summed E-state index contributed by atoms with van der Waals surface area (Å²) in [5.41, 5.74) is 7.71. The van der Waals surface area contributed by atoms with Gasteiger partial charge in [-0.15, -0.1) is 0 Å². The van der Waals surface area contributed by atoms with Crippen molar-refractivity contribution in [3.05, 3.63) is 70.4 Å². The van der Waals surface area contributed by atoms with Gasteiger partial charge in [0, 0.05) is 17.1 Å². The first-order chi connectivity index (χ1) is 14.5. The van der Waals surface area contributed by atoms with Crippen molar-refractivity contribution in [2.45, 2.75) is 64.7 Å². The summed E-state index contributed by atoms with van der Waals surface area (Å²) in [4.78, 5) is 14.7. The Morgan fingerprint density at radius 2 is 1.87 bits per heavy atom. The Labute approximate surface area is 178 Å². The molecule has 2 unspecified atom stereocenters. The molecular weight excluding hydrogens is 370 g/mol.